The van der Waals surface area contributed by atoms with Gasteiger partial charge in [0, 0.05) is 41.2 Å². The third-order valence-corrected chi connectivity index (χ3v) is 7.02. The van der Waals surface area contributed by atoms with E-state index in [1.807, 2.05) is 61.5 Å². The predicted octanol–water partition coefficient (Wildman–Crippen LogP) is 4.61. The zero-order valence-electron chi connectivity index (χ0n) is 21.6. The van der Waals surface area contributed by atoms with Crippen molar-refractivity contribution in [3.05, 3.63) is 95.1 Å². The first-order valence-electron chi connectivity index (χ1n) is 12.5. The van der Waals surface area contributed by atoms with Crippen LogP contribution in [-0.2, 0) is 4.74 Å². The lowest BCUT2D eigenvalue weighted by Crippen LogP contribution is -2.34. The molecule has 1 unspecified atom stereocenters. The average Bonchev–Trinajstić information content (AvgIpc) is 3.56. The predicted molar refractivity (Wildman–Crippen MR) is 147 cm³/mol. The summed E-state index contributed by atoms with van der Waals surface area (Å²) >= 11 is 0. The van der Waals surface area contributed by atoms with Gasteiger partial charge in [0.25, 0.3) is 5.91 Å². The summed E-state index contributed by atoms with van der Waals surface area (Å²) in [7, 11) is 5.41. The number of hydrogen-bond acceptors (Lipinski definition) is 6. The molecule has 38 heavy (non-hydrogen) atoms. The molecule has 0 bridgehead atoms. The van der Waals surface area contributed by atoms with Crippen molar-refractivity contribution in [1.29, 1.82) is 0 Å². The Hall–Kier alpha value is -4.43. The van der Waals surface area contributed by atoms with Crippen molar-refractivity contribution in [2.75, 3.05) is 34.3 Å². The minimum absolute atomic E-state index is 0.0174. The Balaban J connectivity index is 1.51. The summed E-state index contributed by atoms with van der Waals surface area (Å²) in [6.45, 7) is 1.47. The van der Waals surface area contributed by atoms with Gasteiger partial charge in [0.05, 0.1) is 29.6 Å². The molecule has 2 heterocycles. The molecule has 1 aliphatic rings. The van der Waals surface area contributed by atoms with Gasteiger partial charge in [-0.15, -0.1) is 0 Å². The van der Waals surface area contributed by atoms with Gasteiger partial charge in [0.1, 0.15) is 0 Å². The van der Waals surface area contributed by atoms with Crippen molar-refractivity contribution in [1.82, 2.24) is 14.8 Å². The summed E-state index contributed by atoms with van der Waals surface area (Å²) < 4.78 is 4.82. The number of likely N-dealkylation sites (tertiary alicyclic amines) is 1. The maximum absolute atomic E-state index is 13.0. The third kappa shape index (κ3) is 4.90. The molecule has 2 N–H and O–H groups in total. The number of hydrogen-bond donors (Lipinski definition) is 2. The number of amides is 1. The van der Waals surface area contributed by atoms with Crippen molar-refractivity contribution in [2.24, 2.45) is 4.99 Å². The standard InChI is InChI=1S/C30H30N4O4/c1-33(2)23-15-16-34(18-23)29(36)20-9-12-22(13-10-20)31-27(19-7-5-4-6-8-19)26-24-14-11-21(30(37)38-3)17-25(24)32-28(26)35/h4-14,17,23,32,35H,15-16,18H2,1-3H3. The molecule has 1 fully saturated rings. The lowest BCUT2D eigenvalue weighted by atomic mass is 10.00. The molecule has 8 nitrogen and oxygen atoms in total. The molecule has 0 radical (unpaired) electrons. The molecule has 1 saturated heterocycles. The van der Waals surface area contributed by atoms with Gasteiger partial charge in [0.15, 0.2) is 5.88 Å². The number of carbonyl (C=O) groups is 2. The van der Waals surface area contributed by atoms with E-state index in [1.165, 1.54) is 7.11 Å². The van der Waals surface area contributed by atoms with E-state index in [0.717, 1.165) is 25.1 Å². The van der Waals surface area contributed by atoms with Crippen molar-refractivity contribution >= 4 is 34.2 Å². The van der Waals surface area contributed by atoms with Crippen LogP contribution in [0.2, 0.25) is 0 Å². The van der Waals surface area contributed by atoms with Crippen LogP contribution in [0.15, 0.2) is 77.8 Å². The molecule has 1 aliphatic heterocycles. The maximum atomic E-state index is 13.0. The number of ether oxygens (including phenoxy) is 1. The molecule has 0 aliphatic carbocycles. The first-order valence-corrected chi connectivity index (χ1v) is 12.5. The number of methoxy groups -OCH3 is 1. The Bertz CT molecular complexity index is 1510. The fraction of sp³-hybridized carbons (Fsp3) is 0.233. The Kier molecular flexibility index (Phi) is 6.98. The Morgan fingerprint density at radius 1 is 1.00 bits per heavy atom. The highest BCUT2D eigenvalue weighted by molar-refractivity contribution is 6.22. The number of aromatic amines is 1. The number of aromatic hydroxyl groups is 1. The lowest BCUT2D eigenvalue weighted by Gasteiger charge is -2.20. The number of likely N-dealkylation sites (N-methyl/N-ethyl adjacent to an activating group) is 1. The van der Waals surface area contributed by atoms with E-state index in [0.29, 0.717) is 45.0 Å². The molecule has 5 rings (SSSR count). The van der Waals surface area contributed by atoms with E-state index in [9.17, 15) is 14.7 Å². The molecular formula is C30H30N4O4. The molecule has 1 amide bonds. The third-order valence-electron chi connectivity index (χ3n) is 7.02. The summed E-state index contributed by atoms with van der Waals surface area (Å²) in [6, 6.07) is 22.3. The second kappa shape index (κ2) is 10.5. The van der Waals surface area contributed by atoms with Crippen LogP contribution in [0, 0.1) is 0 Å². The Morgan fingerprint density at radius 3 is 2.37 bits per heavy atom. The summed E-state index contributed by atoms with van der Waals surface area (Å²) in [5.74, 6) is -0.495. The van der Waals surface area contributed by atoms with Gasteiger partial charge in [-0.1, -0.05) is 36.4 Å². The van der Waals surface area contributed by atoms with Crippen LogP contribution in [0.5, 0.6) is 5.88 Å². The molecule has 3 aromatic carbocycles. The highest BCUT2D eigenvalue weighted by Gasteiger charge is 2.28. The minimum atomic E-state index is -0.458. The molecule has 0 saturated carbocycles. The Morgan fingerprint density at radius 2 is 1.71 bits per heavy atom. The second-order valence-electron chi connectivity index (χ2n) is 9.63. The molecule has 4 aromatic rings. The number of nitrogens with one attached hydrogen (secondary N) is 1. The SMILES string of the molecule is COC(=O)c1ccc2c(C(=Nc3ccc(C(=O)N4CCC(N(C)C)C4)cc3)c3ccccc3)c(O)[nH]c2c1. The summed E-state index contributed by atoms with van der Waals surface area (Å²) in [5.41, 5.74) is 4.13. The van der Waals surface area contributed by atoms with Crippen LogP contribution in [0.1, 0.15) is 38.3 Å². The zero-order chi connectivity index (χ0) is 26.8. The zero-order valence-corrected chi connectivity index (χ0v) is 21.6. The van der Waals surface area contributed by atoms with E-state index in [4.69, 9.17) is 9.73 Å². The van der Waals surface area contributed by atoms with E-state index >= 15 is 0 Å². The fourth-order valence-electron chi connectivity index (χ4n) is 4.87. The molecule has 194 valence electrons. The number of rotatable bonds is 6. The largest absolute Gasteiger partial charge is 0.494 e. The van der Waals surface area contributed by atoms with Crippen molar-refractivity contribution in [3.8, 4) is 5.88 Å². The fourth-order valence-corrected chi connectivity index (χ4v) is 4.87. The summed E-state index contributed by atoms with van der Waals surface area (Å²) in [4.78, 5) is 37.0. The highest BCUT2D eigenvalue weighted by atomic mass is 16.5. The topological polar surface area (TPSA) is 98.2 Å². The molecule has 8 heteroatoms. The van der Waals surface area contributed by atoms with Crippen LogP contribution in [0.4, 0.5) is 5.69 Å². The van der Waals surface area contributed by atoms with Crippen LogP contribution in [-0.4, -0.2) is 77.8 Å². The highest BCUT2D eigenvalue weighted by Crippen LogP contribution is 2.32. The lowest BCUT2D eigenvalue weighted by molar-refractivity contribution is 0.0600. The van der Waals surface area contributed by atoms with E-state index in [2.05, 4.69) is 9.88 Å². The van der Waals surface area contributed by atoms with Gasteiger partial charge in [0.2, 0.25) is 0 Å². The number of aromatic nitrogens is 1. The molecule has 1 atom stereocenters. The van der Waals surface area contributed by atoms with E-state index < -0.39 is 5.97 Å². The normalized spacial score (nSPS) is 15.8. The second-order valence-corrected chi connectivity index (χ2v) is 9.63. The summed E-state index contributed by atoms with van der Waals surface area (Å²) in [6.07, 6.45) is 0.969. The number of H-pyrrole nitrogens is 1. The van der Waals surface area contributed by atoms with Gasteiger partial charge in [-0.3, -0.25) is 4.79 Å². The van der Waals surface area contributed by atoms with Crippen LogP contribution < -0.4 is 0 Å². The van der Waals surface area contributed by atoms with Crippen LogP contribution in [0.3, 0.4) is 0 Å². The van der Waals surface area contributed by atoms with E-state index in [1.54, 1.807) is 30.3 Å². The smallest absolute Gasteiger partial charge is 0.337 e. The maximum Gasteiger partial charge on any atom is 0.337 e. The Labute approximate surface area is 221 Å². The van der Waals surface area contributed by atoms with Crippen molar-refractivity contribution in [2.45, 2.75) is 12.5 Å². The van der Waals surface area contributed by atoms with Crippen molar-refractivity contribution in [3.63, 3.8) is 0 Å². The minimum Gasteiger partial charge on any atom is -0.494 e. The first kappa shape index (κ1) is 25.2. The number of aliphatic imine (C=N–C) groups is 1. The van der Waals surface area contributed by atoms with Gasteiger partial charge in [-0.25, -0.2) is 9.79 Å². The first-order chi connectivity index (χ1) is 18.4. The van der Waals surface area contributed by atoms with Crippen LogP contribution in [0.25, 0.3) is 10.9 Å². The monoisotopic (exact) mass is 510 g/mol. The van der Waals surface area contributed by atoms with Gasteiger partial charge in [-0.05, 0) is 56.9 Å². The summed E-state index contributed by atoms with van der Waals surface area (Å²) in [5, 5.41) is 11.6. The average molecular weight is 511 g/mol. The van der Waals surface area contributed by atoms with Gasteiger partial charge < -0.3 is 24.6 Å². The van der Waals surface area contributed by atoms with Crippen LogP contribution >= 0.6 is 0 Å². The number of benzene rings is 3. The molecular weight excluding hydrogens is 480 g/mol. The molecule has 0 spiro atoms. The number of fused-ring (bicyclic) bond motifs is 1. The number of esters is 1. The van der Waals surface area contributed by atoms with Gasteiger partial charge in [-0.2, -0.15) is 0 Å². The number of nitrogens with zero attached hydrogens (tertiary/aromatic N) is 3. The quantitative estimate of drug-likeness (QED) is 0.292. The van der Waals surface area contributed by atoms with Crippen molar-refractivity contribution < 1.29 is 19.4 Å². The number of carbonyl (C=O) groups excluding carboxylic acids is 2. The van der Waals surface area contributed by atoms with Gasteiger partial charge >= 0.3 is 5.97 Å². The molecule has 1 aromatic heterocycles. The van der Waals surface area contributed by atoms with E-state index in [-0.39, 0.29) is 11.8 Å².